The molecule has 0 aromatic heterocycles. The Morgan fingerprint density at radius 2 is 1.96 bits per heavy atom. The third-order valence-electron chi connectivity index (χ3n) is 5.50. The van der Waals surface area contributed by atoms with Crippen LogP contribution in [0.15, 0.2) is 23.8 Å². The smallest absolute Gasteiger partial charge is 0.179 e. The first-order chi connectivity index (χ1) is 13.0. The SMILES string of the molecule is COCCOc1ccc2c(c1)C(N1CCC(C)(OC)CC1)=C(C#N)C(=O)C2. The molecule has 0 atom stereocenters. The molecule has 1 aliphatic carbocycles. The lowest BCUT2D eigenvalue weighted by atomic mass is 9.85. The van der Waals surface area contributed by atoms with E-state index in [0.29, 0.717) is 19.0 Å². The molecule has 6 heteroatoms. The number of piperidine rings is 1. The number of hydrogen-bond donors (Lipinski definition) is 0. The van der Waals surface area contributed by atoms with Gasteiger partial charge in [-0.25, -0.2) is 0 Å². The number of Topliss-reactive ketones (excluding diaryl/α,β-unsaturated/α-hetero) is 1. The van der Waals surface area contributed by atoms with Crippen LogP contribution >= 0.6 is 0 Å². The van der Waals surface area contributed by atoms with E-state index < -0.39 is 0 Å². The summed E-state index contributed by atoms with van der Waals surface area (Å²) in [7, 11) is 3.37. The second-order valence-electron chi connectivity index (χ2n) is 7.24. The topological polar surface area (TPSA) is 71.8 Å². The van der Waals surface area contributed by atoms with Crippen molar-refractivity contribution >= 4 is 11.5 Å². The summed E-state index contributed by atoms with van der Waals surface area (Å²) in [5.74, 6) is 0.599. The molecule has 6 nitrogen and oxygen atoms in total. The molecule has 0 amide bonds. The van der Waals surface area contributed by atoms with Gasteiger partial charge in [0.25, 0.3) is 0 Å². The van der Waals surface area contributed by atoms with Gasteiger partial charge in [0.1, 0.15) is 24.0 Å². The fourth-order valence-corrected chi connectivity index (χ4v) is 3.64. The monoisotopic (exact) mass is 370 g/mol. The predicted molar refractivity (Wildman–Crippen MR) is 101 cm³/mol. The fraction of sp³-hybridized carbons (Fsp3) is 0.524. The van der Waals surface area contributed by atoms with Crippen LogP contribution in [0.1, 0.15) is 30.9 Å². The maximum atomic E-state index is 12.5. The molecule has 144 valence electrons. The first kappa shape index (κ1) is 19.4. The highest BCUT2D eigenvalue weighted by molar-refractivity contribution is 6.10. The summed E-state index contributed by atoms with van der Waals surface area (Å²) in [6.07, 6.45) is 1.95. The Balaban J connectivity index is 1.94. The minimum absolute atomic E-state index is 0.117. The molecule has 1 fully saturated rings. The van der Waals surface area contributed by atoms with Gasteiger partial charge in [-0.3, -0.25) is 4.79 Å². The zero-order chi connectivity index (χ0) is 19.4. The molecule has 0 saturated carbocycles. The molecule has 0 radical (unpaired) electrons. The van der Waals surface area contributed by atoms with Gasteiger partial charge >= 0.3 is 0 Å². The molecule has 3 rings (SSSR count). The van der Waals surface area contributed by atoms with Crippen LogP contribution in [0.3, 0.4) is 0 Å². The molecule has 1 heterocycles. The standard InChI is InChI=1S/C21H26N2O4/c1-21(26-3)6-8-23(9-7-21)20-17-13-16(27-11-10-25-2)5-4-15(17)12-19(24)18(20)14-22/h4-5,13H,6-12H2,1-3H3. The number of nitriles is 1. The summed E-state index contributed by atoms with van der Waals surface area (Å²) >= 11 is 0. The van der Waals surface area contributed by atoms with E-state index in [9.17, 15) is 10.1 Å². The molecule has 27 heavy (non-hydrogen) atoms. The fourth-order valence-electron chi connectivity index (χ4n) is 3.64. The summed E-state index contributed by atoms with van der Waals surface area (Å²) < 4.78 is 16.4. The van der Waals surface area contributed by atoms with E-state index in [0.717, 1.165) is 42.8 Å². The Morgan fingerprint density at radius 3 is 2.59 bits per heavy atom. The first-order valence-corrected chi connectivity index (χ1v) is 9.24. The normalized spacial score (nSPS) is 18.9. The lowest BCUT2D eigenvalue weighted by Crippen LogP contribution is -2.43. The predicted octanol–water partition coefficient (Wildman–Crippen LogP) is 2.57. The number of ketones is 1. The Morgan fingerprint density at radius 1 is 1.22 bits per heavy atom. The van der Waals surface area contributed by atoms with Gasteiger partial charge in [-0.05, 0) is 37.5 Å². The summed E-state index contributed by atoms with van der Waals surface area (Å²) in [5.41, 5.74) is 2.68. The molecule has 0 bridgehead atoms. The highest BCUT2D eigenvalue weighted by Crippen LogP contribution is 2.37. The Labute approximate surface area is 160 Å². The number of rotatable bonds is 6. The van der Waals surface area contributed by atoms with Gasteiger partial charge in [-0.15, -0.1) is 0 Å². The minimum atomic E-state index is -0.156. The summed E-state index contributed by atoms with van der Waals surface area (Å²) in [5, 5.41) is 9.65. The van der Waals surface area contributed by atoms with Crippen molar-refractivity contribution < 1.29 is 19.0 Å². The number of fused-ring (bicyclic) bond motifs is 1. The average Bonchev–Trinajstić information content (AvgIpc) is 2.68. The number of nitrogens with zero attached hydrogens (tertiary/aromatic N) is 2. The van der Waals surface area contributed by atoms with Crippen molar-refractivity contribution in [2.24, 2.45) is 0 Å². The van der Waals surface area contributed by atoms with Crippen LogP contribution in [0.4, 0.5) is 0 Å². The van der Waals surface area contributed by atoms with Gasteiger partial charge in [0, 0.05) is 39.3 Å². The molecule has 0 unspecified atom stereocenters. The van der Waals surface area contributed by atoms with Crippen molar-refractivity contribution in [1.82, 2.24) is 4.90 Å². The van der Waals surface area contributed by atoms with Gasteiger partial charge < -0.3 is 19.1 Å². The number of benzene rings is 1. The van der Waals surface area contributed by atoms with Crippen molar-refractivity contribution in [1.29, 1.82) is 5.26 Å². The van der Waals surface area contributed by atoms with Crippen molar-refractivity contribution in [2.75, 3.05) is 40.5 Å². The number of methoxy groups -OCH3 is 2. The molecule has 1 aromatic rings. The highest BCUT2D eigenvalue weighted by atomic mass is 16.5. The number of likely N-dealkylation sites (tertiary alicyclic amines) is 1. The average molecular weight is 370 g/mol. The molecule has 2 aliphatic rings. The van der Waals surface area contributed by atoms with Gasteiger partial charge in [0.2, 0.25) is 0 Å². The summed E-state index contributed by atoms with van der Waals surface area (Å²) in [6, 6.07) is 7.88. The molecule has 1 aromatic carbocycles. The molecular formula is C21H26N2O4. The Hall–Kier alpha value is -2.36. The number of ether oxygens (including phenoxy) is 3. The van der Waals surface area contributed by atoms with E-state index in [4.69, 9.17) is 14.2 Å². The van der Waals surface area contributed by atoms with Crippen molar-refractivity contribution in [2.45, 2.75) is 31.8 Å². The van der Waals surface area contributed by atoms with Crippen LogP contribution in [-0.2, 0) is 20.7 Å². The van der Waals surface area contributed by atoms with Crippen LogP contribution in [0.5, 0.6) is 5.75 Å². The molecule has 0 N–H and O–H groups in total. The van der Waals surface area contributed by atoms with Gasteiger partial charge in [-0.1, -0.05) is 6.07 Å². The zero-order valence-corrected chi connectivity index (χ0v) is 16.2. The second kappa shape index (κ2) is 8.12. The summed E-state index contributed by atoms with van der Waals surface area (Å²) in [4.78, 5) is 14.7. The molecular weight excluding hydrogens is 344 g/mol. The lowest BCUT2D eigenvalue weighted by molar-refractivity contribution is -0.114. The van der Waals surface area contributed by atoms with E-state index >= 15 is 0 Å². The minimum Gasteiger partial charge on any atom is -0.491 e. The third kappa shape index (κ3) is 4.00. The van der Waals surface area contributed by atoms with Crippen LogP contribution in [0, 0.1) is 11.3 Å². The summed E-state index contributed by atoms with van der Waals surface area (Å²) in [6.45, 7) is 4.54. The molecule has 0 spiro atoms. The number of allylic oxidation sites excluding steroid dienone is 1. The third-order valence-corrected chi connectivity index (χ3v) is 5.50. The number of carbonyl (C=O) groups is 1. The van der Waals surface area contributed by atoms with Crippen LogP contribution in [-0.4, -0.2) is 56.8 Å². The zero-order valence-electron chi connectivity index (χ0n) is 16.2. The quantitative estimate of drug-likeness (QED) is 0.717. The second-order valence-corrected chi connectivity index (χ2v) is 7.24. The van der Waals surface area contributed by atoms with E-state index in [2.05, 4.69) is 17.9 Å². The Bertz CT molecular complexity index is 786. The highest BCUT2D eigenvalue weighted by Gasteiger charge is 2.35. The van der Waals surface area contributed by atoms with Gasteiger partial charge in [-0.2, -0.15) is 5.26 Å². The molecule has 1 aliphatic heterocycles. The van der Waals surface area contributed by atoms with Crippen molar-refractivity contribution in [3.05, 3.63) is 34.9 Å². The van der Waals surface area contributed by atoms with Crippen LogP contribution in [0.2, 0.25) is 0 Å². The Kier molecular flexibility index (Phi) is 5.83. The molecule has 1 saturated heterocycles. The number of carbonyl (C=O) groups excluding carboxylic acids is 1. The van der Waals surface area contributed by atoms with E-state index in [1.165, 1.54) is 0 Å². The van der Waals surface area contributed by atoms with Crippen molar-refractivity contribution in [3.8, 4) is 11.8 Å². The maximum Gasteiger partial charge on any atom is 0.179 e. The van der Waals surface area contributed by atoms with E-state index in [-0.39, 0.29) is 23.4 Å². The van der Waals surface area contributed by atoms with E-state index in [1.54, 1.807) is 14.2 Å². The lowest BCUT2D eigenvalue weighted by Gasteiger charge is -2.41. The van der Waals surface area contributed by atoms with Crippen LogP contribution in [0.25, 0.3) is 5.70 Å². The van der Waals surface area contributed by atoms with Crippen molar-refractivity contribution in [3.63, 3.8) is 0 Å². The first-order valence-electron chi connectivity index (χ1n) is 9.24. The largest absolute Gasteiger partial charge is 0.491 e. The van der Waals surface area contributed by atoms with Gasteiger partial charge in [0.05, 0.1) is 17.9 Å². The van der Waals surface area contributed by atoms with Crippen LogP contribution < -0.4 is 4.74 Å². The van der Waals surface area contributed by atoms with Gasteiger partial charge in [0.15, 0.2) is 5.78 Å². The maximum absolute atomic E-state index is 12.5. The van der Waals surface area contributed by atoms with E-state index in [1.807, 2.05) is 18.2 Å². The number of hydrogen-bond acceptors (Lipinski definition) is 6.